The van der Waals surface area contributed by atoms with E-state index in [-0.39, 0.29) is 10.3 Å². The van der Waals surface area contributed by atoms with Crippen molar-refractivity contribution in [1.82, 2.24) is 4.98 Å². The SMILES string of the molecule is O=c1c(Cc2ccc(S(=O)(=O)O)cc2)c[nH]c2ccc(C#CCc3ccccc3)cc12. The molecule has 0 radical (unpaired) electrons. The molecule has 0 aliphatic carbocycles. The van der Waals surface area contributed by atoms with Gasteiger partial charge in [-0.15, -0.1) is 0 Å². The van der Waals surface area contributed by atoms with Gasteiger partial charge >= 0.3 is 0 Å². The lowest BCUT2D eigenvalue weighted by Gasteiger charge is -2.05. The van der Waals surface area contributed by atoms with E-state index in [1.165, 1.54) is 12.1 Å². The topological polar surface area (TPSA) is 87.2 Å². The molecule has 0 unspecified atom stereocenters. The summed E-state index contributed by atoms with van der Waals surface area (Å²) in [5.74, 6) is 6.26. The molecular weight excluding hydrogens is 410 g/mol. The van der Waals surface area contributed by atoms with Crippen LogP contribution in [0.3, 0.4) is 0 Å². The number of pyridine rings is 1. The second-order valence-electron chi connectivity index (χ2n) is 7.16. The van der Waals surface area contributed by atoms with Gasteiger partial charge in [-0.25, -0.2) is 0 Å². The molecular formula is C25H19NO4S. The number of aromatic amines is 1. The number of aromatic nitrogens is 1. The van der Waals surface area contributed by atoms with Crippen LogP contribution in [0.25, 0.3) is 10.9 Å². The van der Waals surface area contributed by atoms with Crippen LogP contribution in [0, 0.1) is 11.8 Å². The first-order valence-corrected chi connectivity index (χ1v) is 11.1. The van der Waals surface area contributed by atoms with Crippen LogP contribution < -0.4 is 5.43 Å². The molecule has 0 bridgehead atoms. The number of benzene rings is 3. The molecule has 0 fully saturated rings. The minimum absolute atomic E-state index is 0.0979. The average Bonchev–Trinajstić information content (AvgIpc) is 2.76. The fraction of sp³-hybridized carbons (Fsp3) is 0.0800. The Bertz CT molecular complexity index is 1460. The van der Waals surface area contributed by atoms with Crippen molar-refractivity contribution >= 4 is 21.0 Å². The number of nitrogens with one attached hydrogen (secondary N) is 1. The van der Waals surface area contributed by atoms with Gasteiger partial charge < -0.3 is 4.98 Å². The molecule has 4 rings (SSSR count). The van der Waals surface area contributed by atoms with Crippen LogP contribution >= 0.6 is 0 Å². The molecule has 0 aliphatic heterocycles. The minimum atomic E-state index is -4.24. The Hall–Kier alpha value is -3.66. The number of hydrogen-bond acceptors (Lipinski definition) is 3. The fourth-order valence-corrected chi connectivity index (χ4v) is 3.79. The predicted octanol–water partition coefficient (Wildman–Crippen LogP) is 3.96. The number of fused-ring (bicyclic) bond motifs is 1. The van der Waals surface area contributed by atoms with Crippen molar-refractivity contribution in [2.75, 3.05) is 0 Å². The third-order valence-electron chi connectivity index (χ3n) is 4.94. The summed E-state index contributed by atoms with van der Waals surface area (Å²) in [6.07, 6.45) is 2.64. The van der Waals surface area contributed by atoms with Crippen LogP contribution in [0.4, 0.5) is 0 Å². The van der Waals surface area contributed by atoms with Gasteiger partial charge in [0.1, 0.15) is 0 Å². The van der Waals surface area contributed by atoms with Crippen LogP contribution in [-0.2, 0) is 23.0 Å². The fourth-order valence-electron chi connectivity index (χ4n) is 3.31. The van der Waals surface area contributed by atoms with Gasteiger partial charge in [-0.2, -0.15) is 8.42 Å². The monoisotopic (exact) mass is 429 g/mol. The molecule has 0 atom stereocenters. The van der Waals surface area contributed by atoms with Gasteiger partial charge in [-0.05, 0) is 41.5 Å². The van der Waals surface area contributed by atoms with E-state index in [9.17, 15) is 13.2 Å². The summed E-state index contributed by atoms with van der Waals surface area (Å²) in [5, 5.41) is 0.554. The summed E-state index contributed by atoms with van der Waals surface area (Å²) in [6, 6.07) is 21.3. The first-order valence-electron chi connectivity index (χ1n) is 9.64. The van der Waals surface area contributed by atoms with Crippen LogP contribution in [0.15, 0.2) is 88.7 Å². The van der Waals surface area contributed by atoms with E-state index < -0.39 is 10.1 Å². The maximum Gasteiger partial charge on any atom is 0.294 e. The second-order valence-corrected chi connectivity index (χ2v) is 8.58. The Kier molecular flexibility index (Phi) is 5.72. The molecule has 0 amide bonds. The van der Waals surface area contributed by atoms with Crippen molar-refractivity contribution in [3.8, 4) is 11.8 Å². The van der Waals surface area contributed by atoms with E-state index in [4.69, 9.17) is 4.55 Å². The van der Waals surface area contributed by atoms with E-state index >= 15 is 0 Å². The zero-order valence-corrected chi connectivity index (χ0v) is 17.3. The van der Waals surface area contributed by atoms with E-state index in [2.05, 4.69) is 16.8 Å². The Morgan fingerprint density at radius 2 is 1.65 bits per heavy atom. The summed E-state index contributed by atoms with van der Waals surface area (Å²) >= 11 is 0. The van der Waals surface area contributed by atoms with Crippen molar-refractivity contribution in [2.45, 2.75) is 17.7 Å². The van der Waals surface area contributed by atoms with Gasteiger partial charge in [-0.1, -0.05) is 54.3 Å². The summed E-state index contributed by atoms with van der Waals surface area (Å²) in [4.78, 5) is 16.0. The van der Waals surface area contributed by atoms with Gasteiger partial charge in [0, 0.05) is 41.1 Å². The molecule has 6 heteroatoms. The highest BCUT2D eigenvalue weighted by Crippen LogP contribution is 2.15. The molecule has 5 nitrogen and oxygen atoms in total. The van der Waals surface area contributed by atoms with Gasteiger partial charge in [0.2, 0.25) is 0 Å². The molecule has 1 heterocycles. The summed E-state index contributed by atoms with van der Waals surface area (Å²) in [6.45, 7) is 0. The zero-order valence-electron chi connectivity index (χ0n) is 16.5. The lowest BCUT2D eigenvalue weighted by molar-refractivity contribution is 0.483. The first-order chi connectivity index (χ1) is 14.9. The summed E-state index contributed by atoms with van der Waals surface area (Å²) in [7, 11) is -4.24. The Labute approximate surface area is 180 Å². The third-order valence-corrected chi connectivity index (χ3v) is 5.81. The lowest BCUT2D eigenvalue weighted by atomic mass is 10.0. The van der Waals surface area contributed by atoms with Crippen molar-refractivity contribution < 1.29 is 13.0 Å². The van der Waals surface area contributed by atoms with Gasteiger partial charge in [0.05, 0.1) is 4.90 Å². The largest absolute Gasteiger partial charge is 0.361 e. The molecule has 31 heavy (non-hydrogen) atoms. The average molecular weight is 429 g/mol. The maximum atomic E-state index is 13.0. The highest BCUT2D eigenvalue weighted by atomic mass is 32.2. The number of rotatable bonds is 4. The molecule has 0 saturated heterocycles. The van der Waals surface area contributed by atoms with E-state index in [1.54, 1.807) is 24.4 Å². The predicted molar refractivity (Wildman–Crippen MR) is 121 cm³/mol. The molecule has 0 spiro atoms. The Morgan fingerprint density at radius 3 is 2.35 bits per heavy atom. The molecule has 154 valence electrons. The normalized spacial score (nSPS) is 11.1. The molecule has 3 aromatic carbocycles. The van der Waals surface area contributed by atoms with Crippen LogP contribution in [-0.4, -0.2) is 18.0 Å². The highest BCUT2D eigenvalue weighted by molar-refractivity contribution is 7.85. The smallest absolute Gasteiger partial charge is 0.294 e. The Morgan fingerprint density at radius 1 is 0.903 bits per heavy atom. The number of hydrogen-bond donors (Lipinski definition) is 2. The summed E-state index contributed by atoms with van der Waals surface area (Å²) in [5.41, 5.74) is 3.85. The van der Waals surface area contributed by atoms with Crippen molar-refractivity contribution in [3.63, 3.8) is 0 Å². The molecule has 2 N–H and O–H groups in total. The second kappa shape index (κ2) is 8.60. The first kappa shape index (κ1) is 20.6. The zero-order chi connectivity index (χ0) is 21.8. The van der Waals surface area contributed by atoms with E-state index in [0.717, 1.165) is 22.2 Å². The molecule has 4 aromatic rings. The third kappa shape index (κ3) is 4.92. The van der Waals surface area contributed by atoms with Crippen molar-refractivity contribution in [1.29, 1.82) is 0 Å². The Balaban J connectivity index is 1.60. The van der Waals surface area contributed by atoms with Crippen molar-refractivity contribution in [2.24, 2.45) is 0 Å². The van der Waals surface area contributed by atoms with Gasteiger partial charge in [0.15, 0.2) is 5.43 Å². The summed E-state index contributed by atoms with van der Waals surface area (Å²) < 4.78 is 31.5. The van der Waals surface area contributed by atoms with E-state index in [1.807, 2.05) is 42.5 Å². The van der Waals surface area contributed by atoms with Crippen molar-refractivity contribution in [3.05, 3.63) is 111 Å². The van der Waals surface area contributed by atoms with Crippen LogP contribution in [0.5, 0.6) is 0 Å². The van der Waals surface area contributed by atoms with Gasteiger partial charge in [0.25, 0.3) is 10.1 Å². The molecule has 0 aliphatic rings. The molecule has 1 aromatic heterocycles. The standard InChI is InChI=1S/C25H19NO4S/c27-25-21(15-20-9-12-22(13-10-20)31(28,29)30)17-26-24-14-11-19(16-23(24)25)8-4-7-18-5-2-1-3-6-18/h1-3,5-6,9-14,16-17H,7,15H2,(H,26,27)(H,28,29,30). The lowest BCUT2D eigenvalue weighted by Crippen LogP contribution is -2.11. The number of H-pyrrole nitrogens is 1. The van der Waals surface area contributed by atoms with Crippen LogP contribution in [0.1, 0.15) is 22.3 Å². The maximum absolute atomic E-state index is 13.0. The quantitative estimate of drug-likeness (QED) is 0.380. The van der Waals surface area contributed by atoms with E-state index in [0.29, 0.717) is 23.8 Å². The van der Waals surface area contributed by atoms with Crippen LogP contribution in [0.2, 0.25) is 0 Å². The molecule has 0 saturated carbocycles. The highest BCUT2D eigenvalue weighted by Gasteiger charge is 2.10. The minimum Gasteiger partial charge on any atom is -0.361 e. The van der Waals surface area contributed by atoms with Gasteiger partial charge in [-0.3, -0.25) is 9.35 Å².